The second kappa shape index (κ2) is 5.12. The maximum atomic E-state index is 6.29. The van der Waals surface area contributed by atoms with Gasteiger partial charge in [-0.3, -0.25) is 0 Å². The molecule has 5 rings (SSSR count). The van der Waals surface area contributed by atoms with Crippen LogP contribution in [0.25, 0.3) is 32.6 Å². The van der Waals surface area contributed by atoms with Crippen LogP contribution in [0.1, 0.15) is 27.7 Å². The molecule has 3 aromatic carbocycles. The summed E-state index contributed by atoms with van der Waals surface area (Å²) < 4.78 is 12.6. The quantitative estimate of drug-likeness (QED) is 0.505. The summed E-state index contributed by atoms with van der Waals surface area (Å²) in [6, 6.07) is 19.3. The Morgan fingerprint density at radius 3 is 2.12 bits per heavy atom. The van der Waals surface area contributed by atoms with Crippen LogP contribution in [-0.2, 0) is 9.31 Å². The number of hydrogen-bond donors (Lipinski definition) is 1. The summed E-state index contributed by atoms with van der Waals surface area (Å²) in [7, 11) is -0.369. The van der Waals surface area contributed by atoms with Crippen LogP contribution in [0, 0.1) is 0 Å². The van der Waals surface area contributed by atoms with Gasteiger partial charge in [-0.2, -0.15) is 0 Å². The van der Waals surface area contributed by atoms with Crippen molar-refractivity contribution in [3.05, 3.63) is 54.6 Å². The zero-order valence-electron chi connectivity index (χ0n) is 15.6. The molecule has 0 radical (unpaired) electrons. The van der Waals surface area contributed by atoms with Crippen LogP contribution in [0.4, 0.5) is 0 Å². The molecular weight excluding hydrogens is 321 g/mol. The third-order valence-corrected chi connectivity index (χ3v) is 6.04. The number of para-hydroxylation sites is 1. The lowest BCUT2D eigenvalue weighted by atomic mass is 9.78. The molecule has 3 nitrogen and oxygen atoms in total. The molecule has 0 unspecified atom stereocenters. The largest absolute Gasteiger partial charge is 0.497 e. The number of H-pyrrole nitrogens is 1. The van der Waals surface area contributed by atoms with E-state index in [0.717, 1.165) is 16.5 Å². The van der Waals surface area contributed by atoms with Gasteiger partial charge in [0.1, 0.15) is 0 Å². The number of aromatic amines is 1. The van der Waals surface area contributed by atoms with Crippen LogP contribution < -0.4 is 5.46 Å². The molecule has 1 N–H and O–H groups in total. The maximum absolute atomic E-state index is 6.29. The minimum atomic E-state index is -0.369. The maximum Gasteiger partial charge on any atom is 0.497 e. The molecule has 0 spiro atoms. The van der Waals surface area contributed by atoms with Crippen molar-refractivity contribution >= 4 is 45.2 Å². The Bertz CT molecular complexity index is 1140. The zero-order chi connectivity index (χ0) is 18.1. The minimum absolute atomic E-state index is 0.347. The summed E-state index contributed by atoms with van der Waals surface area (Å²) in [4.78, 5) is 3.61. The Hall–Kier alpha value is -2.30. The van der Waals surface area contributed by atoms with E-state index in [9.17, 15) is 0 Å². The average Bonchev–Trinajstić information content (AvgIpc) is 3.06. The Labute approximate surface area is 153 Å². The van der Waals surface area contributed by atoms with Gasteiger partial charge < -0.3 is 14.3 Å². The van der Waals surface area contributed by atoms with Crippen LogP contribution in [0.2, 0.25) is 0 Å². The van der Waals surface area contributed by atoms with E-state index < -0.39 is 0 Å². The van der Waals surface area contributed by atoms with Gasteiger partial charge in [0.05, 0.1) is 11.2 Å². The lowest BCUT2D eigenvalue weighted by Crippen LogP contribution is -2.41. The molecule has 4 aromatic rings. The molecule has 1 fully saturated rings. The highest BCUT2D eigenvalue weighted by Crippen LogP contribution is 2.37. The molecule has 26 heavy (non-hydrogen) atoms. The van der Waals surface area contributed by atoms with E-state index in [4.69, 9.17) is 9.31 Å². The summed E-state index contributed by atoms with van der Waals surface area (Å²) in [6.07, 6.45) is 0. The zero-order valence-corrected chi connectivity index (χ0v) is 15.6. The van der Waals surface area contributed by atoms with Crippen molar-refractivity contribution in [2.75, 3.05) is 0 Å². The second-order valence-corrected chi connectivity index (χ2v) is 8.23. The van der Waals surface area contributed by atoms with Gasteiger partial charge in [0.2, 0.25) is 0 Å². The van der Waals surface area contributed by atoms with E-state index in [0.29, 0.717) is 0 Å². The second-order valence-electron chi connectivity index (χ2n) is 8.23. The fraction of sp³-hybridized carbons (Fsp3) is 0.273. The fourth-order valence-corrected chi connectivity index (χ4v) is 3.80. The van der Waals surface area contributed by atoms with E-state index in [-0.39, 0.29) is 18.3 Å². The number of fused-ring (bicyclic) bond motifs is 4. The van der Waals surface area contributed by atoms with Crippen LogP contribution in [-0.4, -0.2) is 23.3 Å². The smallest absolute Gasteiger partial charge is 0.399 e. The highest BCUT2D eigenvalue weighted by molar-refractivity contribution is 6.65. The molecule has 1 aromatic heterocycles. The first-order valence-corrected chi connectivity index (χ1v) is 9.14. The van der Waals surface area contributed by atoms with Crippen molar-refractivity contribution in [3.63, 3.8) is 0 Å². The third-order valence-electron chi connectivity index (χ3n) is 6.04. The van der Waals surface area contributed by atoms with E-state index in [1.807, 2.05) is 0 Å². The Balaban J connectivity index is 1.74. The number of rotatable bonds is 1. The molecule has 0 atom stereocenters. The lowest BCUT2D eigenvalue weighted by molar-refractivity contribution is 0.00578. The van der Waals surface area contributed by atoms with Crippen LogP contribution in [0.15, 0.2) is 54.6 Å². The molecule has 130 valence electrons. The van der Waals surface area contributed by atoms with Gasteiger partial charge in [-0.05, 0) is 50.6 Å². The molecule has 0 aliphatic carbocycles. The Morgan fingerprint density at radius 2 is 1.42 bits per heavy atom. The van der Waals surface area contributed by atoms with Gasteiger partial charge in [0.25, 0.3) is 0 Å². The van der Waals surface area contributed by atoms with E-state index in [1.165, 1.54) is 21.5 Å². The molecule has 1 aliphatic heterocycles. The third kappa shape index (κ3) is 2.16. The SMILES string of the molecule is CC1(C)OB(c2cccc3c2[nH]c2cc4ccccc4cc23)OC1(C)C. The van der Waals surface area contributed by atoms with Crippen LogP contribution >= 0.6 is 0 Å². The molecule has 0 amide bonds. The highest BCUT2D eigenvalue weighted by atomic mass is 16.7. The van der Waals surface area contributed by atoms with Crippen molar-refractivity contribution in [3.8, 4) is 0 Å². The van der Waals surface area contributed by atoms with Gasteiger partial charge in [0, 0.05) is 27.3 Å². The van der Waals surface area contributed by atoms with Gasteiger partial charge in [-0.25, -0.2) is 0 Å². The summed E-state index contributed by atoms with van der Waals surface area (Å²) in [6.45, 7) is 8.35. The van der Waals surface area contributed by atoms with Crippen LogP contribution in [0.3, 0.4) is 0 Å². The summed E-state index contributed by atoms with van der Waals surface area (Å²) in [5, 5.41) is 4.93. The van der Waals surface area contributed by atoms with Crippen molar-refractivity contribution in [2.45, 2.75) is 38.9 Å². The van der Waals surface area contributed by atoms with E-state index in [2.05, 4.69) is 87.3 Å². The standard InChI is InChI=1S/C22H22BNO2/c1-21(2)22(3,4)26-23(25-21)18-11-7-10-16-17-12-14-8-5-6-9-15(14)13-19(17)24-20(16)18/h5-13,24H,1-4H3. The van der Waals surface area contributed by atoms with Gasteiger partial charge in [-0.15, -0.1) is 0 Å². The van der Waals surface area contributed by atoms with Crippen molar-refractivity contribution in [2.24, 2.45) is 0 Å². The number of nitrogens with one attached hydrogen (secondary N) is 1. The van der Waals surface area contributed by atoms with E-state index in [1.54, 1.807) is 0 Å². The molecule has 0 saturated carbocycles. The van der Waals surface area contributed by atoms with Gasteiger partial charge in [0.15, 0.2) is 0 Å². The first-order valence-electron chi connectivity index (χ1n) is 9.14. The van der Waals surface area contributed by atoms with E-state index >= 15 is 0 Å². The van der Waals surface area contributed by atoms with Crippen molar-refractivity contribution in [1.82, 2.24) is 4.98 Å². The Morgan fingerprint density at radius 1 is 0.769 bits per heavy atom. The summed E-state index contributed by atoms with van der Waals surface area (Å²) in [5.41, 5.74) is 2.60. The van der Waals surface area contributed by atoms with Crippen molar-refractivity contribution < 1.29 is 9.31 Å². The Kier molecular flexibility index (Phi) is 3.14. The molecule has 1 aliphatic rings. The van der Waals surface area contributed by atoms with Gasteiger partial charge in [-0.1, -0.05) is 42.5 Å². The van der Waals surface area contributed by atoms with Crippen molar-refractivity contribution in [1.29, 1.82) is 0 Å². The molecule has 2 heterocycles. The van der Waals surface area contributed by atoms with Crippen LogP contribution in [0.5, 0.6) is 0 Å². The molecule has 0 bridgehead atoms. The first-order chi connectivity index (χ1) is 12.4. The monoisotopic (exact) mass is 343 g/mol. The summed E-state index contributed by atoms with van der Waals surface area (Å²) >= 11 is 0. The molecular formula is C22H22BNO2. The normalized spacial score (nSPS) is 19.0. The fourth-order valence-electron chi connectivity index (χ4n) is 3.80. The molecule has 1 saturated heterocycles. The average molecular weight is 343 g/mol. The number of benzene rings is 3. The number of aromatic nitrogens is 1. The minimum Gasteiger partial charge on any atom is -0.399 e. The number of hydrogen-bond acceptors (Lipinski definition) is 2. The topological polar surface area (TPSA) is 34.2 Å². The lowest BCUT2D eigenvalue weighted by Gasteiger charge is -2.32. The predicted octanol–water partition coefficient (Wildman–Crippen LogP) is 4.77. The molecule has 4 heteroatoms. The first kappa shape index (κ1) is 15.9. The predicted molar refractivity (Wildman–Crippen MR) is 109 cm³/mol. The summed E-state index contributed by atoms with van der Waals surface area (Å²) in [5.74, 6) is 0. The van der Waals surface area contributed by atoms with Gasteiger partial charge >= 0.3 is 7.12 Å². The highest BCUT2D eigenvalue weighted by Gasteiger charge is 2.52.